The number of carbonyl (C=O) groups excluding carboxylic acids is 1. The Morgan fingerprint density at radius 1 is 1.25 bits per heavy atom. The Kier molecular flexibility index (Phi) is 4.83. The zero-order valence-corrected chi connectivity index (χ0v) is 13.6. The van der Waals surface area contributed by atoms with Crippen LogP contribution >= 0.6 is 0 Å². The van der Waals surface area contributed by atoms with E-state index in [1.54, 1.807) is 23.4 Å². The van der Waals surface area contributed by atoms with Gasteiger partial charge in [0.15, 0.2) is 0 Å². The number of pyridine rings is 1. The summed E-state index contributed by atoms with van der Waals surface area (Å²) >= 11 is 0. The van der Waals surface area contributed by atoms with Crippen LogP contribution in [0.2, 0.25) is 0 Å². The van der Waals surface area contributed by atoms with Crippen LogP contribution in [0, 0.1) is 0 Å². The molecular formula is C17H23F2N3O2. The molecule has 0 spiro atoms. The first-order chi connectivity index (χ1) is 11.4. The summed E-state index contributed by atoms with van der Waals surface area (Å²) in [7, 11) is 0. The Balaban J connectivity index is 1.51. The number of piperidine rings is 1. The molecule has 0 saturated carbocycles. The number of nitrogens with zero attached hydrogens (tertiary/aromatic N) is 3. The van der Waals surface area contributed by atoms with E-state index in [-0.39, 0.29) is 31.7 Å². The number of hydrogen-bond donors (Lipinski definition) is 1. The molecule has 1 N–H and O–H groups in total. The number of alkyl halides is 2. The summed E-state index contributed by atoms with van der Waals surface area (Å²) in [5, 5.41) is 10.7. The third-order valence-electron chi connectivity index (χ3n) is 4.87. The van der Waals surface area contributed by atoms with Gasteiger partial charge >= 0.3 is 0 Å². The Morgan fingerprint density at radius 2 is 2.00 bits per heavy atom. The van der Waals surface area contributed by atoms with Gasteiger partial charge in [0.1, 0.15) is 0 Å². The van der Waals surface area contributed by atoms with Crippen LogP contribution in [-0.4, -0.2) is 70.0 Å². The molecule has 0 bridgehead atoms. The van der Waals surface area contributed by atoms with Gasteiger partial charge in [-0.1, -0.05) is 6.07 Å². The Labute approximate surface area is 140 Å². The molecule has 1 aromatic heterocycles. The predicted octanol–water partition coefficient (Wildman–Crippen LogP) is 1.32. The van der Waals surface area contributed by atoms with Crippen molar-refractivity contribution < 1.29 is 18.7 Å². The summed E-state index contributed by atoms with van der Waals surface area (Å²) in [6.45, 7) is 1.69. The van der Waals surface area contributed by atoms with Crippen molar-refractivity contribution in [3.05, 3.63) is 30.1 Å². The monoisotopic (exact) mass is 339 g/mol. The Morgan fingerprint density at radius 3 is 2.67 bits per heavy atom. The summed E-state index contributed by atoms with van der Waals surface area (Å²) in [6.07, 6.45) is 3.75. The highest BCUT2D eigenvalue weighted by Gasteiger charge is 2.41. The third kappa shape index (κ3) is 4.27. The maximum absolute atomic E-state index is 13.2. The number of hydrogen-bond acceptors (Lipinski definition) is 4. The minimum atomic E-state index is -2.58. The van der Waals surface area contributed by atoms with E-state index in [1.807, 2.05) is 11.0 Å². The van der Waals surface area contributed by atoms with Crippen molar-refractivity contribution in [2.45, 2.75) is 37.2 Å². The van der Waals surface area contributed by atoms with Gasteiger partial charge in [0.2, 0.25) is 5.91 Å². The van der Waals surface area contributed by atoms with E-state index < -0.39 is 11.5 Å². The topological polar surface area (TPSA) is 56.7 Å². The van der Waals surface area contributed by atoms with Crippen LogP contribution in [0.3, 0.4) is 0 Å². The van der Waals surface area contributed by atoms with Crippen molar-refractivity contribution in [3.8, 4) is 0 Å². The van der Waals surface area contributed by atoms with Crippen LogP contribution < -0.4 is 0 Å². The molecule has 132 valence electrons. The van der Waals surface area contributed by atoms with Gasteiger partial charge in [0.25, 0.3) is 5.92 Å². The predicted molar refractivity (Wildman–Crippen MR) is 84.7 cm³/mol. The molecule has 3 rings (SSSR count). The Hall–Kier alpha value is -1.60. The van der Waals surface area contributed by atoms with E-state index in [0.29, 0.717) is 32.6 Å². The lowest BCUT2D eigenvalue weighted by Gasteiger charge is -2.36. The number of halogens is 2. The number of β-amino-alcohol motifs (C(OH)–C–C–N with tert-alkyl or cyclic N) is 1. The van der Waals surface area contributed by atoms with Crippen molar-refractivity contribution in [1.29, 1.82) is 0 Å². The van der Waals surface area contributed by atoms with E-state index in [1.165, 1.54) is 0 Å². The van der Waals surface area contributed by atoms with E-state index in [2.05, 4.69) is 4.98 Å². The maximum atomic E-state index is 13.2. The van der Waals surface area contributed by atoms with E-state index >= 15 is 0 Å². The fourth-order valence-corrected chi connectivity index (χ4v) is 3.44. The van der Waals surface area contributed by atoms with E-state index in [9.17, 15) is 18.7 Å². The van der Waals surface area contributed by atoms with Gasteiger partial charge in [0.05, 0.1) is 18.6 Å². The number of aliphatic hydroxyl groups is 1. The van der Waals surface area contributed by atoms with Gasteiger partial charge in [-0.05, 0) is 18.1 Å². The van der Waals surface area contributed by atoms with Crippen LogP contribution in [0.4, 0.5) is 8.78 Å². The highest BCUT2D eigenvalue weighted by atomic mass is 19.3. The van der Waals surface area contributed by atoms with Crippen LogP contribution in [0.25, 0.3) is 0 Å². The van der Waals surface area contributed by atoms with Crippen molar-refractivity contribution in [1.82, 2.24) is 14.8 Å². The van der Waals surface area contributed by atoms with Gasteiger partial charge in [0, 0.05) is 51.4 Å². The Bertz CT molecular complexity index is 574. The molecule has 2 saturated heterocycles. The van der Waals surface area contributed by atoms with E-state index in [0.717, 1.165) is 5.56 Å². The first-order valence-corrected chi connectivity index (χ1v) is 8.35. The quantitative estimate of drug-likeness (QED) is 0.899. The van der Waals surface area contributed by atoms with Crippen LogP contribution in [0.15, 0.2) is 24.5 Å². The molecule has 0 radical (unpaired) electrons. The molecule has 24 heavy (non-hydrogen) atoms. The second-order valence-corrected chi connectivity index (χ2v) is 6.96. The van der Waals surface area contributed by atoms with Crippen molar-refractivity contribution >= 4 is 5.91 Å². The molecule has 0 aliphatic carbocycles. The second kappa shape index (κ2) is 6.72. The maximum Gasteiger partial charge on any atom is 0.250 e. The van der Waals surface area contributed by atoms with E-state index in [4.69, 9.17) is 0 Å². The first-order valence-electron chi connectivity index (χ1n) is 8.35. The fourth-order valence-electron chi connectivity index (χ4n) is 3.44. The molecule has 1 aromatic rings. The third-order valence-corrected chi connectivity index (χ3v) is 4.87. The van der Waals surface area contributed by atoms with Gasteiger partial charge in [-0.25, -0.2) is 8.78 Å². The lowest BCUT2D eigenvalue weighted by Crippen LogP contribution is -2.49. The van der Waals surface area contributed by atoms with Crippen molar-refractivity contribution in [2.24, 2.45) is 0 Å². The smallest absolute Gasteiger partial charge is 0.250 e. The lowest BCUT2D eigenvalue weighted by molar-refractivity contribution is -0.130. The number of aromatic nitrogens is 1. The normalized spacial score (nSPS) is 27.4. The summed E-state index contributed by atoms with van der Waals surface area (Å²) in [4.78, 5) is 19.9. The molecule has 1 atom stereocenters. The molecule has 2 aliphatic heterocycles. The van der Waals surface area contributed by atoms with Crippen LogP contribution in [0.1, 0.15) is 24.8 Å². The van der Waals surface area contributed by atoms with Gasteiger partial charge in [-0.3, -0.25) is 14.7 Å². The number of amides is 1. The highest BCUT2D eigenvalue weighted by Crippen LogP contribution is 2.30. The fraction of sp³-hybridized carbons (Fsp3) is 0.647. The molecule has 2 aliphatic rings. The minimum absolute atomic E-state index is 0.0379. The number of likely N-dealkylation sites (tertiary alicyclic amines) is 2. The molecule has 7 heteroatoms. The van der Waals surface area contributed by atoms with Gasteiger partial charge in [-0.2, -0.15) is 0 Å². The zero-order chi connectivity index (χ0) is 17.2. The molecular weight excluding hydrogens is 316 g/mol. The average Bonchev–Trinajstić information content (AvgIpc) is 2.93. The molecule has 1 unspecified atom stereocenters. The first kappa shape index (κ1) is 17.2. The van der Waals surface area contributed by atoms with Crippen molar-refractivity contribution in [3.63, 3.8) is 0 Å². The summed E-state index contributed by atoms with van der Waals surface area (Å²) in [6, 6.07) is 3.64. The van der Waals surface area contributed by atoms with Crippen molar-refractivity contribution in [2.75, 3.05) is 32.7 Å². The second-order valence-electron chi connectivity index (χ2n) is 6.96. The minimum Gasteiger partial charge on any atom is -0.387 e. The molecule has 5 nitrogen and oxygen atoms in total. The molecule has 1 amide bonds. The number of carbonyl (C=O) groups is 1. The number of rotatable bonds is 4. The van der Waals surface area contributed by atoms with Crippen LogP contribution in [-0.2, 0) is 11.2 Å². The largest absolute Gasteiger partial charge is 0.387 e. The van der Waals surface area contributed by atoms with Gasteiger partial charge < -0.3 is 10.0 Å². The molecule has 0 aromatic carbocycles. The summed E-state index contributed by atoms with van der Waals surface area (Å²) in [5.41, 5.74) is -0.159. The SMILES string of the molecule is O=C(Cc1cccnc1)N1CCC(O)(CN2CCC(F)(F)CC2)C1. The van der Waals surface area contributed by atoms with Crippen LogP contribution in [0.5, 0.6) is 0 Å². The molecule has 3 heterocycles. The highest BCUT2D eigenvalue weighted by molar-refractivity contribution is 5.79. The van der Waals surface area contributed by atoms with Gasteiger partial charge in [-0.15, -0.1) is 0 Å². The zero-order valence-electron chi connectivity index (χ0n) is 13.6. The lowest BCUT2D eigenvalue weighted by atomic mass is 10.00. The molecule has 2 fully saturated rings. The summed E-state index contributed by atoms with van der Waals surface area (Å²) in [5.74, 6) is -2.62. The standard InChI is InChI=1S/C17H23F2N3O2/c18-17(19)4-7-21(8-5-17)12-16(24)3-9-22(13-16)15(23)10-14-2-1-6-20-11-14/h1-2,6,11,24H,3-5,7-10,12-13H2. The summed E-state index contributed by atoms with van der Waals surface area (Å²) < 4.78 is 26.4. The average molecular weight is 339 g/mol.